The Hall–Kier alpha value is -1.85. The summed E-state index contributed by atoms with van der Waals surface area (Å²) in [7, 11) is -1.52. The van der Waals surface area contributed by atoms with Crippen LogP contribution in [0.25, 0.3) is 0 Å². The fourth-order valence-electron chi connectivity index (χ4n) is 2.62. The fourth-order valence-corrected chi connectivity index (χ4v) is 4.87. The standard InChI is InChI=1S/C17H20N4O3S3/c1-20-8-10-21(11-9-20)27(23,24)14-6-4-13(5-7-14)18-17(25)19-16(22)15-3-2-12-26-15/h2-7,12H,8-11H2,1H3,(H2,18,19,22,25). The molecular weight excluding hydrogens is 404 g/mol. The number of thiophene rings is 1. The molecule has 1 aliphatic rings. The van der Waals surface area contributed by atoms with Crippen LogP contribution in [0.15, 0.2) is 46.7 Å². The molecule has 0 atom stereocenters. The van der Waals surface area contributed by atoms with Crippen LogP contribution in [0.2, 0.25) is 0 Å². The highest BCUT2D eigenvalue weighted by molar-refractivity contribution is 7.89. The Bertz CT molecular complexity index is 903. The summed E-state index contributed by atoms with van der Waals surface area (Å²) in [6.07, 6.45) is 0. The van der Waals surface area contributed by atoms with Crippen LogP contribution in [0.3, 0.4) is 0 Å². The highest BCUT2D eigenvalue weighted by atomic mass is 32.2. The molecule has 1 fully saturated rings. The number of amides is 1. The number of carbonyl (C=O) groups excluding carboxylic acids is 1. The van der Waals surface area contributed by atoms with Gasteiger partial charge in [-0.2, -0.15) is 4.31 Å². The second-order valence-electron chi connectivity index (χ2n) is 6.12. The first kappa shape index (κ1) is 19.9. The summed E-state index contributed by atoms with van der Waals surface area (Å²) in [5, 5.41) is 7.45. The van der Waals surface area contributed by atoms with Crippen molar-refractivity contribution in [1.82, 2.24) is 14.5 Å². The number of hydrogen-bond acceptors (Lipinski definition) is 6. The van der Waals surface area contributed by atoms with Gasteiger partial charge in [0.15, 0.2) is 5.11 Å². The number of benzene rings is 1. The molecule has 1 aliphatic heterocycles. The molecule has 1 aromatic carbocycles. The fraction of sp³-hybridized carbons (Fsp3) is 0.294. The Balaban J connectivity index is 1.61. The summed E-state index contributed by atoms with van der Waals surface area (Å²) in [5.74, 6) is -0.281. The average Bonchev–Trinajstić information content (AvgIpc) is 3.17. The zero-order chi connectivity index (χ0) is 19.4. The first-order chi connectivity index (χ1) is 12.9. The maximum absolute atomic E-state index is 12.7. The predicted octanol–water partition coefficient (Wildman–Crippen LogP) is 1.81. The lowest BCUT2D eigenvalue weighted by Crippen LogP contribution is -2.46. The third kappa shape index (κ3) is 4.90. The third-order valence-electron chi connectivity index (χ3n) is 4.18. The van der Waals surface area contributed by atoms with Gasteiger partial charge < -0.3 is 10.2 Å². The lowest BCUT2D eigenvalue weighted by Gasteiger charge is -2.31. The van der Waals surface area contributed by atoms with Gasteiger partial charge in [-0.25, -0.2) is 8.42 Å². The monoisotopic (exact) mass is 424 g/mol. The first-order valence-electron chi connectivity index (χ1n) is 8.31. The summed E-state index contributed by atoms with van der Waals surface area (Å²) in [6.45, 7) is 2.41. The second-order valence-corrected chi connectivity index (χ2v) is 9.41. The molecule has 3 rings (SSSR count). The Kier molecular flexibility index (Phi) is 6.22. The Morgan fingerprint density at radius 2 is 1.78 bits per heavy atom. The number of piperazine rings is 1. The van der Waals surface area contributed by atoms with Crippen LogP contribution in [0, 0.1) is 0 Å². The molecule has 2 heterocycles. The molecular formula is C17H20N4O3S3. The van der Waals surface area contributed by atoms with Crippen LogP contribution < -0.4 is 10.6 Å². The molecule has 0 aliphatic carbocycles. The van der Waals surface area contributed by atoms with Crippen LogP contribution in [0.1, 0.15) is 9.67 Å². The van der Waals surface area contributed by atoms with Gasteiger partial charge in [-0.3, -0.25) is 10.1 Å². The molecule has 2 aromatic rings. The third-order valence-corrected chi connectivity index (χ3v) is 7.17. The SMILES string of the molecule is CN1CCN(S(=O)(=O)c2ccc(NC(=S)NC(=O)c3cccs3)cc2)CC1. The molecule has 1 saturated heterocycles. The van der Waals surface area contributed by atoms with E-state index < -0.39 is 10.0 Å². The van der Waals surface area contributed by atoms with Gasteiger partial charge in [0.25, 0.3) is 5.91 Å². The minimum atomic E-state index is -3.50. The van der Waals surface area contributed by atoms with Gasteiger partial charge in [0.1, 0.15) is 0 Å². The maximum Gasteiger partial charge on any atom is 0.267 e. The summed E-state index contributed by atoms with van der Waals surface area (Å²) in [5.41, 5.74) is 0.601. The van der Waals surface area contributed by atoms with Crippen LogP contribution in [-0.4, -0.2) is 61.9 Å². The van der Waals surface area contributed by atoms with Crippen molar-refractivity contribution >= 4 is 50.3 Å². The molecule has 0 bridgehead atoms. The zero-order valence-corrected chi connectivity index (χ0v) is 17.2. The van der Waals surface area contributed by atoms with Crippen LogP contribution in [0.5, 0.6) is 0 Å². The van der Waals surface area contributed by atoms with Crippen LogP contribution in [0.4, 0.5) is 5.69 Å². The molecule has 10 heteroatoms. The summed E-state index contributed by atoms with van der Waals surface area (Å²) in [4.78, 5) is 14.9. The van der Waals surface area contributed by atoms with E-state index in [2.05, 4.69) is 15.5 Å². The number of carbonyl (C=O) groups is 1. The molecule has 27 heavy (non-hydrogen) atoms. The van der Waals surface area contributed by atoms with Gasteiger partial charge in [0.05, 0.1) is 9.77 Å². The lowest BCUT2D eigenvalue weighted by atomic mass is 10.3. The zero-order valence-electron chi connectivity index (χ0n) is 14.7. The first-order valence-corrected chi connectivity index (χ1v) is 11.0. The topological polar surface area (TPSA) is 81.8 Å². The predicted molar refractivity (Wildman–Crippen MR) is 111 cm³/mol. The van der Waals surface area contributed by atoms with Crippen molar-refractivity contribution in [1.29, 1.82) is 0 Å². The van der Waals surface area contributed by atoms with E-state index in [1.165, 1.54) is 15.6 Å². The van der Waals surface area contributed by atoms with Crippen molar-refractivity contribution in [3.8, 4) is 0 Å². The molecule has 0 spiro atoms. The van der Waals surface area contributed by atoms with E-state index in [4.69, 9.17) is 12.2 Å². The molecule has 2 N–H and O–H groups in total. The lowest BCUT2D eigenvalue weighted by molar-refractivity contribution is 0.0981. The highest BCUT2D eigenvalue weighted by Gasteiger charge is 2.27. The maximum atomic E-state index is 12.7. The minimum absolute atomic E-state index is 0.156. The van der Waals surface area contributed by atoms with Gasteiger partial charge in [0, 0.05) is 31.9 Å². The number of hydrogen-bond donors (Lipinski definition) is 2. The number of sulfonamides is 1. The van der Waals surface area contributed by atoms with E-state index in [1.807, 2.05) is 12.4 Å². The van der Waals surface area contributed by atoms with Crippen molar-refractivity contribution < 1.29 is 13.2 Å². The largest absolute Gasteiger partial charge is 0.332 e. The van der Waals surface area contributed by atoms with E-state index >= 15 is 0 Å². The number of anilines is 1. The molecule has 0 radical (unpaired) electrons. The molecule has 144 valence electrons. The molecule has 0 unspecified atom stereocenters. The number of rotatable bonds is 4. The van der Waals surface area contributed by atoms with Gasteiger partial charge in [-0.1, -0.05) is 6.07 Å². The number of likely N-dealkylation sites (N-methyl/N-ethyl adjacent to an activating group) is 1. The Labute approximate surface area is 168 Å². The molecule has 0 saturated carbocycles. The summed E-state index contributed by atoms with van der Waals surface area (Å²) < 4.78 is 26.9. The minimum Gasteiger partial charge on any atom is -0.332 e. The number of thiocarbonyl (C=S) groups is 1. The van der Waals surface area contributed by atoms with Gasteiger partial charge >= 0.3 is 0 Å². The van der Waals surface area contributed by atoms with Crippen molar-refractivity contribution in [3.63, 3.8) is 0 Å². The Morgan fingerprint density at radius 1 is 1.11 bits per heavy atom. The van der Waals surface area contributed by atoms with Crippen LogP contribution >= 0.6 is 23.6 Å². The van der Waals surface area contributed by atoms with Crippen molar-refractivity contribution in [2.45, 2.75) is 4.90 Å². The van der Waals surface area contributed by atoms with Crippen molar-refractivity contribution in [2.24, 2.45) is 0 Å². The summed E-state index contributed by atoms with van der Waals surface area (Å²) >= 11 is 6.46. The number of nitrogens with zero attached hydrogens (tertiary/aromatic N) is 2. The van der Waals surface area contributed by atoms with E-state index in [9.17, 15) is 13.2 Å². The Morgan fingerprint density at radius 3 is 2.37 bits per heavy atom. The normalized spacial score (nSPS) is 16.0. The van der Waals surface area contributed by atoms with Gasteiger partial charge in [-0.05, 0) is 55.0 Å². The van der Waals surface area contributed by atoms with Crippen molar-refractivity contribution in [3.05, 3.63) is 46.7 Å². The van der Waals surface area contributed by atoms with E-state index in [-0.39, 0.29) is 15.9 Å². The summed E-state index contributed by atoms with van der Waals surface area (Å²) in [6, 6.07) is 9.84. The smallest absolute Gasteiger partial charge is 0.267 e. The van der Waals surface area contributed by atoms with Gasteiger partial charge in [-0.15, -0.1) is 11.3 Å². The second kappa shape index (κ2) is 8.44. The van der Waals surface area contributed by atoms with Crippen LogP contribution in [-0.2, 0) is 10.0 Å². The van der Waals surface area contributed by atoms with Crippen molar-refractivity contribution in [2.75, 3.05) is 38.5 Å². The molecule has 1 amide bonds. The van der Waals surface area contributed by atoms with Gasteiger partial charge in [0.2, 0.25) is 10.0 Å². The quantitative estimate of drug-likeness (QED) is 0.729. The number of nitrogens with one attached hydrogen (secondary N) is 2. The molecule has 1 aromatic heterocycles. The van der Waals surface area contributed by atoms with E-state index in [1.54, 1.807) is 36.4 Å². The molecule has 7 nitrogen and oxygen atoms in total. The van der Waals surface area contributed by atoms with E-state index in [0.717, 1.165) is 13.1 Å². The highest BCUT2D eigenvalue weighted by Crippen LogP contribution is 2.19. The average molecular weight is 425 g/mol. The van der Waals surface area contributed by atoms with E-state index in [0.29, 0.717) is 23.7 Å².